The number of urea groups is 1. The highest BCUT2D eigenvalue weighted by molar-refractivity contribution is 5.89. The number of carbonyl (C=O) groups excluding carboxylic acids is 1. The van der Waals surface area contributed by atoms with Crippen molar-refractivity contribution in [1.82, 2.24) is 14.9 Å². The number of nitrogens with zero attached hydrogens (tertiary/aromatic N) is 2. The Morgan fingerprint density at radius 1 is 1.43 bits per heavy atom. The molecule has 3 rings (SSSR count). The van der Waals surface area contributed by atoms with Crippen LogP contribution in [0.2, 0.25) is 0 Å². The lowest BCUT2D eigenvalue weighted by atomic mass is 10.3. The van der Waals surface area contributed by atoms with Gasteiger partial charge in [-0.2, -0.15) is 0 Å². The van der Waals surface area contributed by atoms with Gasteiger partial charge in [-0.15, -0.1) is 0 Å². The molecule has 2 amide bonds. The summed E-state index contributed by atoms with van der Waals surface area (Å²) >= 11 is 0. The van der Waals surface area contributed by atoms with Crippen LogP contribution in [0.4, 0.5) is 14.9 Å². The monoisotopic (exact) mass is 290 g/mol. The number of imidazole rings is 1. The molecule has 110 valence electrons. The number of fused-ring (bicyclic) bond motifs is 1. The summed E-state index contributed by atoms with van der Waals surface area (Å²) in [7, 11) is 0. The van der Waals surface area contributed by atoms with Crippen molar-refractivity contribution in [2.24, 2.45) is 0 Å². The first-order valence-electron chi connectivity index (χ1n) is 6.63. The third-order valence-electron chi connectivity index (χ3n) is 3.24. The smallest absolute Gasteiger partial charge is 0.319 e. The highest BCUT2D eigenvalue weighted by atomic mass is 19.1. The minimum Gasteiger partial charge on any atom is -0.367 e. The van der Waals surface area contributed by atoms with E-state index in [1.807, 2.05) is 10.8 Å². The van der Waals surface area contributed by atoms with Gasteiger partial charge in [-0.25, -0.2) is 14.2 Å². The molecule has 1 aromatic heterocycles. The van der Waals surface area contributed by atoms with Crippen molar-refractivity contribution in [1.29, 1.82) is 0 Å². The van der Waals surface area contributed by atoms with Gasteiger partial charge >= 0.3 is 6.03 Å². The standard InChI is InChI=1S/C14H15FN4O2/c15-10-1-3-11(4-2-10)18-14(20)17-7-12-8-19-6-5-16-13(19)9-21-12/h1-6,12H,7-9H2,(H2,17,18,20)/t12-/m0/s1. The molecule has 1 aliphatic rings. The molecule has 0 unspecified atom stereocenters. The van der Waals surface area contributed by atoms with Gasteiger partial charge in [-0.3, -0.25) is 0 Å². The molecule has 0 fully saturated rings. The molecule has 7 heteroatoms. The van der Waals surface area contributed by atoms with Crippen LogP contribution in [0.25, 0.3) is 0 Å². The molecule has 21 heavy (non-hydrogen) atoms. The number of anilines is 1. The number of hydrogen-bond donors (Lipinski definition) is 2. The number of carbonyl (C=O) groups is 1. The van der Waals surface area contributed by atoms with Crippen LogP contribution < -0.4 is 10.6 Å². The molecule has 0 aliphatic carbocycles. The number of amides is 2. The maximum absolute atomic E-state index is 12.8. The molecule has 1 aliphatic heterocycles. The van der Waals surface area contributed by atoms with Crippen molar-refractivity contribution < 1.29 is 13.9 Å². The van der Waals surface area contributed by atoms with Gasteiger partial charge in [0.15, 0.2) is 0 Å². The summed E-state index contributed by atoms with van der Waals surface area (Å²) in [6, 6.07) is 5.25. The maximum atomic E-state index is 12.8. The van der Waals surface area contributed by atoms with E-state index in [9.17, 15) is 9.18 Å². The second-order valence-electron chi connectivity index (χ2n) is 4.77. The largest absolute Gasteiger partial charge is 0.367 e. The lowest BCUT2D eigenvalue weighted by Crippen LogP contribution is -2.40. The summed E-state index contributed by atoms with van der Waals surface area (Å²) in [6.07, 6.45) is 3.53. The second-order valence-corrected chi connectivity index (χ2v) is 4.77. The Morgan fingerprint density at radius 3 is 3.05 bits per heavy atom. The molecule has 0 radical (unpaired) electrons. The zero-order valence-electron chi connectivity index (χ0n) is 11.3. The third-order valence-corrected chi connectivity index (χ3v) is 3.24. The first kappa shape index (κ1) is 13.6. The molecule has 0 bridgehead atoms. The summed E-state index contributed by atoms with van der Waals surface area (Å²) in [4.78, 5) is 15.9. The Balaban J connectivity index is 1.47. The van der Waals surface area contributed by atoms with Gasteiger partial charge in [0.25, 0.3) is 0 Å². The molecule has 1 aromatic carbocycles. The van der Waals surface area contributed by atoms with E-state index in [-0.39, 0.29) is 18.0 Å². The summed E-state index contributed by atoms with van der Waals surface area (Å²) in [5.74, 6) is 0.551. The van der Waals surface area contributed by atoms with Gasteiger partial charge in [0.05, 0.1) is 12.6 Å². The summed E-state index contributed by atoms with van der Waals surface area (Å²) in [6.45, 7) is 1.50. The number of rotatable bonds is 3. The molecule has 2 aromatic rings. The normalized spacial score (nSPS) is 17.1. The van der Waals surface area contributed by atoms with Crippen molar-refractivity contribution in [3.05, 3.63) is 48.3 Å². The van der Waals surface area contributed by atoms with Gasteiger partial charge < -0.3 is 19.9 Å². The first-order chi connectivity index (χ1) is 10.2. The molecule has 2 N–H and O–H groups in total. The van der Waals surface area contributed by atoms with Crippen LogP contribution in [-0.4, -0.2) is 28.2 Å². The molecule has 2 heterocycles. The van der Waals surface area contributed by atoms with Crippen LogP contribution >= 0.6 is 0 Å². The second kappa shape index (κ2) is 5.92. The fraction of sp³-hybridized carbons (Fsp3) is 0.286. The SMILES string of the molecule is O=C(NC[C@H]1Cn2ccnc2CO1)Nc1ccc(F)cc1. The van der Waals surface area contributed by atoms with E-state index in [1.54, 1.807) is 6.20 Å². The lowest BCUT2D eigenvalue weighted by Gasteiger charge is -2.24. The Hall–Kier alpha value is -2.41. The van der Waals surface area contributed by atoms with E-state index in [0.717, 1.165) is 5.82 Å². The highest BCUT2D eigenvalue weighted by Gasteiger charge is 2.19. The predicted octanol–water partition coefficient (Wildman–Crippen LogP) is 1.74. The van der Waals surface area contributed by atoms with Crippen molar-refractivity contribution >= 4 is 11.7 Å². The van der Waals surface area contributed by atoms with Crippen LogP contribution in [0.5, 0.6) is 0 Å². The molecular formula is C14H15FN4O2. The predicted molar refractivity (Wildman–Crippen MR) is 74.2 cm³/mol. The van der Waals surface area contributed by atoms with Crippen LogP contribution in [0.15, 0.2) is 36.7 Å². The fourth-order valence-corrected chi connectivity index (χ4v) is 2.15. The topological polar surface area (TPSA) is 68.2 Å². The van der Waals surface area contributed by atoms with Crippen LogP contribution in [0, 0.1) is 5.82 Å². The van der Waals surface area contributed by atoms with Gasteiger partial charge in [0.2, 0.25) is 0 Å². The lowest BCUT2D eigenvalue weighted by molar-refractivity contribution is 0.00466. The summed E-state index contributed by atoms with van der Waals surface area (Å²) in [5.41, 5.74) is 0.537. The minimum absolute atomic E-state index is 0.0920. The Morgan fingerprint density at radius 2 is 2.24 bits per heavy atom. The van der Waals surface area contributed by atoms with Crippen LogP contribution in [-0.2, 0) is 17.9 Å². The van der Waals surface area contributed by atoms with E-state index in [4.69, 9.17) is 4.74 Å². The van der Waals surface area contributed by atoms with Crippen molar-refractivity contribution in [2.75, 3.05) is 11.9 Å². The number of benzene rings is 1. The van der Waals surface area contributed by atoms with Gasteiger partial charge in [0, 0.05) is 24.6 Å². The Bertz CT molecular complexity index is 626. The molecule has 1 atom stereocenters. The van der Waals surface area contributed by atoms with Crippen LogP contribution in [0.3, 0.4) is 0 Å². The molecular weight excluding hydrogens is 275 g/mol. The zero-order chi connectivity index (χ0) is 14.7. The summed E-state index contributed by atoms with van der Waals surface area (Å²) < 4.78 is 20.4. The van der Waals surface area contributed by atoms with Crippen LogP contribution in [0.1, 0.15) is 5.82 Å². The summed E-state index contributed by atoms with van der Waals surface area (Å²) in [5, 5.41) is 5.37. The van der Waals surface area contributed by atoms with E-state index in [1.165, 1.54) is 24.3 Å². The minimum atomic E-state index is -0.346. The highest BCUT2D eigenvalue weighted by Crippen LogP contribution is 2.12. The number of ether oxygens (including phenoxy) is 1. The van der Waals surface area contributed by atoms with Crippen molar-refractivity contribution in [3.8, 4) is 0 Å². The molecule has 0 saturated carbocycles. The number of halogens is 1. The average molecular weight is 290 g/mol. The van der Waals surface area contributed by atoms with Gasteiger partial charge in [0.1, 0.15) is 18.2 Å². The molecule has 6 nitrogen and oxygen atoms in total. The van der Waals surface area contributed by atoms with Gasteiger partial charge in [-0.05, 0) is 24.3 Å². The van der Waals surface area contributed by atoms with E-state index in [2.05, 4.69) is 15.6 Å². The Labute approximate surface area is 120 Å². The van der Waals surface area contributed by atoms with E-state index >= 15 is 0 Å². The van der Waals surface area contributed by atoms with Crippen molar-refractivity contribution in [3.63, 3.8) is 0 Å². The zero-order valence-corrected chi connectivity index (χ0v) is 11.3. The fourth-order valence-electron chi connectivity index (χ4n) is 2.15. The third kappa shape index (κ3) is 3.38. The van der Waals surface area contributed by atoms with E-state index < -0.39 is 0 Å². The Kier molecular flexibility index (Phi) is 3.83. The average Bonchev–Trinajstić information content (AvgIpc) is 2.95. The molecule has 0 spiro atoms. The van der Waals surface area contributed by atoms with E-state index in [0.29, 0.717) is 25.4 Å². The first-order valence-corrected chi connectivity index (χ1v) is 6.63. The quantitative estimate of drug-likeness (QED) is 0.904. The number of aromatic nitrogens is 2. The number of nitrogens with one attached hydrogen (secondary N) is 2. The number of hydrogen-bond acceptors (Lipinski definition) is 3. The van der Waals surface area contributed by atoms with Gasteiger partial charge in [-0.1, -0.05) is 0 Å². The van der Waals surface area contributed by atoms with Crippen molar-refractivity contribution in [2.45, 2.75) is 19.3 Å². The molecule has 0 saturated heterocycles. The maximum Gasteiger partial charge on any atom is 0.319 e.